The highest BCUT2D eigenvalue weighted by molar-refractivity contribution is 6.31. The Morgan fingerprint density at radius 1 is 1.35 bits per heavy atom. The highest BCUT2D eigenvalue weighted by Gasteiger charge is 2.27. The lowest BCUT2D eigenvalue weighted by molar-refractivity contribution is 0.631. The summed E-state index contributed by atoms with van der Waals surface area (Å²) in [4.78, 5) is 2.52. The molecule has 112 valence electrons. The molecule has 0 aromatic heterocycles. The summed E-state index contributed by atoms with van der Waals surface area (Å²) in [6.45, 7) is 9.79. The van der Waals surface area contributed by atoms with Gasteiger partial charge >= 0.3 is 0 Å². The van der Waals surface area contributed by atoms with Crippen molar-refractivity contribution in [2.24, 2.45) is 5.92 Å². The van der Waals surface area contributed by atoms with E-state index in [2.05, 4.69) is 43.1 Å². The van der Waals surface area contributed by atoms with Crippen molar-refractivity contribution in [3.05, 3.63) is 28.8 Å². The summed E-state index contributed by atoms with van der Waals surface area (Å²) >= 11 is 6.44. The number of nitrogens with one attached hydrogen (secondary N) is 1. The molecule has 3 heteroatoms. The van der Waals surface area contributed by atoms with Crippen LogP contribution < -0.4 is 10.2 Å². The minimum Gasteiger partial charge on any atom is -0.369 e. The molecule has 0 heterocycles. The van der Waals surface area contributed by atoms with Gasteiger partial charge in [0.15, 0.2) is 0 Å². The average Bonchev–Trinajstić information content (AvgIpc) is 3.22. The Bertz CT molecular complexity index is 427. The zero-order chi connectivity index (χ0) is 14.5. The standard InChI is InChI=1S/C17H27ClN2/c1-4-10-19-11-15-16(18)6-5-7-17(15)20(13(2)3)12-14-8-9-14/h5-7,13-14,19H,4,8-12H2,1-3H3. The first-order valence-electron chi connectivity index (χ1n) is 7.88. The fourth-order valence-corrected chi connectivity index (χ4v) is 2.78. The first-order valence-corrected chi connectivity index (χ1v) is 8.26. The van der Waals surface area contributed by atoms with Crippen LogP contribution in [0.15, 0.2) is 18.2 Å². The van der Waals surface area contributed by atoms with E-state index in [1.807, 2.05) is 6.07 Å². The van der Waals surface area contributed by atoms with E-state index in [0.717, 1.165) is 30.5 Å². The van der Waals surface area contributed by atoms with Gasteiger partial charge in [0.25, 0.3) is 0 Å². The molecule has 1 fully saturated rings. The molecule has 1 aliphatic carbocycles. The summed E-state index contributed by atoms with van der Waals surface area (Å²) in [5.74, 6) is 0.882. The van der Waals surface area contributed by atoms with Crippen molar-refractivity contribution in [3.8, 4) is 0 Å². The number of hydrogen-bond acceptors (Lipinski definition) is 2. The summed E-state index contributed by atoms with van der Waals surface area (Å²) < 4.78 is 0. The van der Waals surface area contributed by atoms with Gasteiger partial charge in [0.2, 0.25) is 0 Å². The third-order valence-electron chi connectivity index (χ3n) is 3.91. The summed E-state index contributed by atoms with van der Waals surface area (Å²) in [5.41, 5.74) is 2.56. The van der Waals surface area contributed by atoms with Crippen molar-refractivity contribution in [1.82, 2.24) is 5.32 Å². The van der Waals surface area contributed by atoms with Gasteiger partial charge in [-0.1, -0.05) is 24.6 Å². The van der Waals surface area contributed by atoms with Gasteiger partial charge < -0.3 is 10.2 Å². The van der Waals surface area contributed by atoms with Gasteiger partial charge in [-0.25, -0.2) is 0 Å². The number of nitrogens with zero attached hydrogens (tertiary/aromatic N) is 1. The van der Waals surface area contributed by atoms with Gasteiger partial charge in [-0.15, -0.1) is 0 Å². The van der Waals surface area contributed by atoms with Crippen molar-refractivity contribution in [2.75, 3.05) is 18.0 Å². The minimum absolute atomic E-state index is 0.513. The predicted molar refractivity (Wildman–Crippen MR) is 88.7 cm³/mol. The predicted octanol–water partition coefficient (Wildman–Crippen LogP) is 4.46. The van der Waals surface area contributed by atoms with Crippen molar-refractivity contribution < 1.29 is 0 Å². The Hall–Kier alpha value is -0.730. The van der Waals surface area contributed by atoms with Crippen molar-refractivity contribution >= 4 is 17.3 Å². The molecule has 0 bridgehead atoms. The average molecular weight is 295 g/mol. The Morgan fingerprint density at radius 3 is 2.70 bits per heavy atom. The van der Waals surface area contributed by atoms with Crippen molar-refractivity contribution in [1.29, 1.82) is 0 Å². The zero-order valence-electron chi connectivity index (χ0n) is 13.0. The molecule has 0 saturated heterocycles. The Labute approximate surface area is 128 Å². The SMILES string of the molecule is CCCNCc1c(Cl)cccc1N(CC1CC1)C(C)C. The van der Waals surface area contributed by atoms with Gasteiger partial charge in [0, 0.05) is 35.4 Å². The lowest BCUT2D eigenvalue weighted by Crippen LogP contribution is -2.34. The molecule has 20 heavy (non-hydrogen) atoms. The summed E-state index contributed by atoms with van der Waals surface area (Å²) in [5, 5.41) is 4.37. The van der Waals surface area contributed by atoms with Gasteiger partial charge in [-0.3, -0.25) is 0 Å². The first-order chi connectivity index (χ1) is 9.63. The van der Waals surface area contributed by atoms with Crippen molar-refractivity contribution in [3.63, 3.8) is 0 Å². The van der Waals surface area contributed by atoms with Crippen LogP contribution in [0, 0.1) is 5.92 Å². The maximum Gasteiger partial charge on any atom is 0.0471 e. The lowest BCUT2D eigenvalue weighted by Gasteiger charge is -2.31. The number of rotatable bonds is 8. The van der Waals surface area contributed by atoms with Gasteiger partial charge in [-0.2, -0.15) is 0 Å². The van der Waals surface area contributed by atoms with Crippen molar-refractivity contribution in [2.45, 2.75) is 52.6 Å². The van der Waals surface area contributed by atoms with E-state index in [9.17, 15) is 0 Å². The summed E-state index contributed by atoms with van der Waals surface area (Å²) in [6.07, 6.45) is 3.91. The number of halogens is 1. The molecule has 1 aromatic rings. The van der Waals surface area contributed by atoms with Crippen LogP contribution in [-0.2, 0) is 6.54 Å². The van der Waals surface area contributed by atoms with Crippen LogP contribution >= 0.6 is 11.6 Å². The van der Waals surface area contributed by atoms with E-state index in [0.29, 0.717) is 6.04 Å². The Kier molecular flexibility index (Phi) is 5.74. The fourth-order valence-electron chi connectivity index (χ4n) is 2.55. The van der Waals surface area contributed by atoms with Crippen LogP contribution in [0.3, 0.4) is 0 Å². The highest BCUT2D eigenvalue weighted by atomic mass is 35.5. The maximum atomic E-state index is 6.44. The van der Waals surface area contributed by atoms with Crippen LogP contribution in [0.4, 0.5) is 5.69 Å². The van der Waals surface area contributed by atoms with Crippen LogP contribution in [0.25, 0.3) is 0 Å². The Morgan fingerprint density at radius 2 is 2.10 bits per heavy atom. The molecule has 0 spiro atoms. The fraction of sp³-hybridized carbons (Fsp3) is 0.647. The molecule has 1 N–H and O–H groups in total. The van der Waals surface area contributed by atoms with E-state index in [-0.39, 0.29) is 0 Å². The normalized spacial score (nSPS) is 14.8. The molecule has 1 saturated carbocycles. The zero-order valence-corrected chi connectivity index (χ0v) is 13.7. The Balaban J connectivity index is 2.20. The second-order valence-electron chi connectivity index (χ2n) is 6.10. The third kappa shape index (κ3) is 4.13. The van der Waals surface area contributed by atoms with E-state index >= 15 is 0 Å². The molecule has 0 aliphatic heterocycles. The monoisotopic (exact) mass is 294 g/mol. The van der Waals surface area contributed by atoms with Crippen LogP contribution in [0.1, 0.15) is 45.6 Å². The minimum atomic E-state index is 0.513. The molecular formula is C17H27ClN2. The van der Waals surface area contributed by atoms with Crippen LogP contribution in [-0.4, -0.2) is 19.1 Å². The maximum absolute atomic E-state index is 6.44. The van der Waals surface area contributed by atoms with Crippen LogP contribution in [0.5, 0.6) is 0 Å². The van der Waals surface area contributed by atoms with E-state index in [4.69, 9.17) is 11.6 Å². The van der Waals surface area contributed by atoms with E-state index < -0.39 is 0 Å². The topological polar surface area (TPSA) is 15.3 Å². The molecule has 2 nitrogen and oxygen atoms in total. The molecule has 0 atom stereocenters. The quantitative estimate of drug-likeness (QED) is 0.712. The second kappa shape index (κ2) is 7.33. The molecular weight excluding hydrogens is 268 g/mol. The number of benzene rings is 1. The molecule has 0 unspecified atom stereocenters. The van der Waals surface area contributed by atoms with E-state index in [1.165, 1.54) is 30.6 Å². The van der Waals surface area contributed by atoms with Gasteiger partial charge in [0.1, 0.15) is 0 Å². The highest BCUT2D eigenvalue weighted by Crippen LogP contribution is 2.35. The number of anilines is 1. The summed E-state index contributed by atoms with van der Waals surface area (Å²) in [6, 6.07) is 6.81. The summed E-state index contributed by atoms with van der Waals surface area (Å²) in [7, 11) is 0. The lowest BCUT2D eigenvalue weighted by atomic mass is 10.1. The van der Waals surface area contributed by atoms with Gasteiger partial charge in [0.05, 0.1) is 0 Å². The molecule has 1 aliphatic rings. The number of hydrogen-bond donors (Lipinski definition) is 1. The van der Waals surface area contributed by atoms with E-state index in [1.54, 1.807) is 0 Å². The third-order valence-corrected chi connectivity index (χ3v) is 4.26. The molecule has 0 amide bonds. The largest absolute Gasteiger partial charge is 0.369 e. The molecule has 1 aromatic carbocycles. The van der Waals surface area contributed by atoms with Crippen LogP contribution in [0.2, 0.25) is 5.02 Å². The molecule has 2 rings (SSSR count). The smallest absolute Gasteiger partial charge is 0.0471 e. The first kappa shape index (κ1) is 15.7. The molecule has 0 radical (unpaired) electrons. The van der Waals surface area contributed by atoms with Gasteiger partial charge in [-0.05, 0) is 57.7 Å². The second-order valence-corrected chi connectivity index (χ2v) is 6.51.